The van der Waals surface area contributed by atoms with Crippen molar-refractivity contribution in [2.24, 2.45) is 5.73 Å². The molecule has 3 heteroatoms. The molecule has 0 saturated carbocycles. The van der Waals surface area contributed by atoms with Gasteiger partial charge < -0.3 is 10.6 Å². The molecule has 0 atom stereocenters. The Labute approximate surface area is 103 Å². The maximum atomic E-state index is 11.9. The molecule has 1 aromatic rings. The Kier molecular flexibility index (Phi) is 3.20. The lowest BCUT2D eigenvalue weighted by Crippen LogP contribution is -2.66. The van der Waals surface area contributed by atoms with Gasteiger partial charge in [-0.15, -0.1) is 0 Å². The van der Waals surface area contributed by atoms with Crippen molar-refractivity contribution >= 4 is 5.91 Å². The molecule has 2 rings (SSSR count). The van der Waals surface area contributed by atoms with E-state index in [4.69, 9.17) is 5.73 Å². The summed E-state index contributed by atoms with van der Waals surface area (Å²) in [6, 6.07) is 8.22. The van der Waals surface area contributed by atoms with Crippen molar-refractivity contribution in [3.05, 3.63) is 35.4 Å². The smallest absolute Gasteiger partial charge is 0.223 e. The average molecular weight is 232 g/mol. The molecule has 1 fully saturated rings. The zero-order valence-corrected chi connectivity index (χ0v) is 10.6. The Bertz CT molecular complexity index is 418. The second kappa shape index (κ2) is 4.49. The van der Waals surface area contributed by atoms with Gasteiger partial charge in [-0.1, -0.05) is 24.3 Å². The van der Waals surface area contributed by atoms with Crippen LogP contribution in [0, 0.1) is 6.92 Å². The van der Waals surface area contributed by atoms with E-state index in [1.54, 1.807) is 0 Å². The van der Waals surface area contributed by atoms with Crippen molar-refractivity contribution in [3.8, 4) is 0 Å². The minimum absolute atomic E-state index is 0.168. The van der Waals surface area contributed by atoms with Crippen LogP contribution in [0.4, 0.5) is 0 Å². The fraction of sp³-hybridized carbons (Fsp3) is 0.500. The van der Waals surface area contributed by atoms with Crippen LogP contribution in [0.25, 0.3) is 0 Å². The third-order valence-corrected chi connectivity index (χ3v) is 3.33. The highest BCUT2D eigenvalue weighted by atomic mass is 16.2. The number of nitrogens with zero attached hydrogens (tertiary/aromatic N) is 1. The van der Waals surface area contributed by atoms with Crippen LogP contribution in [-0.2, 0) is 11.2 Å². The number of likely N-dealkylation sites (tertiary alicyclic amines) is 1. The van der Waals surface area contributed by atoms with E-state index in [9.17, 15) is 4.79 Å². The molecule has 0 radical (unpaired) electrons. The van der Waals surface area contributed by atoms with Crippen molar-refractivity contribution in [1.29, 1.82) is 0 Å². The zero-order valence-electron chi connectivity index (χ0n) is 10.6. The first-order valence-electron chi connectivity index (χ1n) is 6.09. The minimum atomic E-state index is -0.168. The number of rotatable bonds is 3. The number of carbonyl (C=O) groups excluding carboxylic acids is 1. The maximum absolute atomic E-state index is 11.9. The molecular formula is C14H20N2O. The molecule has 0 spiro atoms. The molecule has 2 N–H and O–H groups in total. The topological polar surface area (TPSA) is 46.3 Å². The third-order valence-electron chi connectivity index (χ3n) is 3.33. The van der Waals surface area contributed by atoms with Gasteiger partial charge >= 0.3 is 0 Å². The normalized spacial score (nSPS) is 17.7. The summed E-state index contributed by atoms with van der Waals surface area (Å²) >= 11 is 0. The largest absolute Gasteiger partial charge is 0.339 e. The zero-order chi connectivity index (χ0) is 12.5. The molecule has 0 bridgehead atoms. The first kappa shape index (κ1) is 12.1. The first-order chi connectivity index (χ1) is 7.98. The lowest BCUT2D eigenvalue weighted by Gasteiger charge is -2.45. The van der Waals surface area contributed by atoms with E-state index in [1.165, 1.54) is 11.1 Å². The van der Waals surface area contributed by atoms with Crippen LogP contribution in [0.15, 0.2) is 24.3 Å². The van der Waals surface area contributed by atoms with Crippen LogP contribution >= 0.6 is 0 Å². The number of hydrogen-bond donors (Lipinski definition) is 1. The predicted octanol–water partition coefficient (Wildman–Crippen LogP) is 1.49. The molecule has 1 aromatic carbocycles. The van der Waals surface area contributed by atoms with E-state index < -0.39 is 0 Å². The van der Waals surface area contributed by atoms with Gasteiger partial charge in [-0.05, 0) is 31.4 Å². The number of amides is 1. The highest BCUT2D eigenvalue weighted by Crippen LogP contribution is 2.19. The molecule has 0 aromatic heterocycles. The lowest BCUT2D eigenvalue weighted by atomic mass is 9.93. The number of nitrogens with two attached hydrogens (primary N) is 1. The number of carbonyl (C=O) groups is 1. The highest BCUT2D eigenvalue weighted by Gasteiger charge is 2.37. The van der Waals surface area contributed by atoms with Crippen LogP contribution in [-0.4, -0.2) is 29.4 Å². The number of aryl methyl sites for hydroxylation is 2. The Morgan fingerprint density at radius 2 is 2.06 bits per heavy atom. The molecule has 92 valence electrons. The van der Waals surface area contributed by atoms with Crippen molar-refractivity contribution in [3.63, 3.8) is 0 Å². The summed E-state index contributed by atoms with van der Waals surface area (Å²) in [4.78, 5) is 13.7. The molecule has 17 heavy (non-hydrogen) atoms. The van der Waals surface area contributed by atoms with Gasteiger partial charge in [0.05, 0.1) is 0 Å². The average Bonchev–Trinajstić information content (AvgIpc) is 2.24. The van der Waals surface area contributed by atoms with Gasteiger partial charge in [-0.3, -0.25) is 4.79 Å². The van der Waals surface area contributed by atoms with E-state index in [1.807, 2.05) is 24.0 Å². The van der Waals surface area contributed by atoms with Crippen LogP contribution < -0.4 is 5.73 Å². The molecule has 0 unspecified atom stereocenters. The van der Waals surface area contributed by atoms with Crippen molar-refractivity contribution in [2.45, 2.75) is 32.2 Å². The van der Waals surface area contributed by atoms with E-state index in [-0.39, 0.29) is 11.4 Å². The molecular weight excluding hydrogens is 212 g/mol. The first-order valence-corrected chi connectivity index (χ1v) is 6.09. The fourth-order valence-electron chi connectivity index (χ4n) is 2.29. The van der Waals surface area contributed by atoms with Gasteiger partial charge in [0.25, 0.3) is 0 Å². The van der Waals surface area contributed by atoms with Gasteiger partial charge in [0.1, 0.15) is 0 Å². The van der Waals surface area contributed by atoms with Crippen LogP contribution in [0.2, 0.25) is 0 Å². The van der Waals surface area contributed by atoms with Crippen LogP contribution in [0.5, 0.6) is 0 Å². The van der Waals surface area contributed by atoms with Gasteiger partial charge in [0.2, 0.25) is 5.91 Å². The van der Waals surface area contributed by atoms with Gasteiger partial charge in [0, 0.05) is 25.0 Å². The fourth-order valence-corrected chi connectivity index (χ4v) is 2.29. The summed E-state index contributed by atoms with van der Waals surface area (Å²) in [7, 11) is 0. The Balaban J connectivity index is 1.83. The molecule has 3 nitrogen and oxygen atoms in total. The second-order valence-corrected chi connectivity index (χ2v) is 5.33. The van der Waals surface area contributed by atoms with E-state index in [2.05, 4.69) is 19.1 Å². The van der Waals surface area contributed by atoms with Crippen molar-refractivity contribution in [1.82, 2.24) is 4.90 Å². The van der Waals surface area contributed by atoms with E-state index >= 15 is 0 Å². The molecule has 0 aliphatic carbocycles. The molecule has 1 aliphatic heterocycles. The van der Waals surface area contributed by atoms with Crippen LogP contribution in [0.1, 0.15) is 24.5 Å². The lowest BCUT2D eigenvalue weighted by molar-refractivity contribution is -0.138. The van der Waals surface area contributed by atoms with Gasteiger partial charge in [0.15, 0.2) is 0 Å². The summed E-state index contributed by atoms with van der Waals surface area (Å²) < 4.78 is 0. The number of hydrogen-bond acceptors (Lipinski definition) is 2. The maximum Gasteiger partial charge on any atom is 0.223 e. The summed E-state index contributed by atoms with van der Waals surface area (Å²) in [5.74, 6) is 0.219. The molecule has 1 saturated heterocycles. The Morgan fingerprint density at radius 1 is 1.41 bits per heavy atom. The highest BCUT2D eigenvalue weighted by molar-refractivity contribution is 5.77. The molecule has 1 aliphatic rings. The second-order valence-electron chi connectivity index (χ2n) is 5.33. The summed E-state index contributed by atoms with van der Waals surface area (Å²) in [6.07, 6.45) is 1.41. The minimum Gasteiger partial charge on any atom is -0.339 e. The summed E-state index contributed by atoms with van der Waals surface area (Å²) in [5.41, 5.74) is 8.24. The van der Waals surface area contributed by atoms with Gasteiger partial charge in [-0.2, -0.15) is 0 Å². The Hall–Kier alpha value is -1.35. The SMILES string of the molecule is Cc1ccccc1CCC(=O)N1CC(C)(N)C1. The predicted molar refractivity (Wildman–Crippen MR) is 68.7 cm³/mol. The molecule has 1 heterocycles. The van der Waals surface area contributed by atoms with Crippen molar-refractivity contribution in [2.75, 3.05) is 13.1 Å². The number of benzene rings is 1. The van der Waals surface area contributed by atoms with Crippen molar-refractivity contribution < 1.29 is 4.79 Å². The van der Waals surface area contributed by atoms with E-state index in [0.717, 1.165) is 6.42 Å². The van der Waals surface area contributed by atoms with Gasteiger partial charge in [-0.25, -0.2) is 0 Å². The summed E-state index contributed by atoms with van der Waals surface area (Å²) in [6.45, 7) is 5.46. The Morgan fingerprint density at radius 3 is 2.65 bits per heavy atom. The van der Waals surface area contributed by atoms with Crippen LogP contribution in [0.3, 0.4) is 0 Å². The quantitative estimate of drug-likeness (QED) is 0.858. The standard InChI is InChI=1S/C14H20N2O/c1-11-5-3-4-6-12(11)7-8-13(17)16-9-14(2,15)10-16/h3-6H,7-10,15H2,1-2H3. The monoisotopic (exact) mass is 232 g/mol. The summed E-state index contributed by atoms with van der Waals surface area (Å²) in [5, 5.41) is 0. The molecule has 1 amide bonds. The third kappa shape index (κ3) is 2.86. The van der Waals surface area contributed by atoms with E-state index in [0.29, 0.717) is 19.5 Å².